The second kappa shape index (κ2) is 12.8. The number of carbonyl (C=O) groups is 1. The van der Waals surface area contributed by atoms with Gasteiger partial charge in [-0.3, -0.25) is 5.32 Å². The molecule has 4 N–H and O–H groups in total. The molecule has 2 amide bonds. The number of nitrogens with zero attached hydrogens (tertiary/aromatic N) is 2. The number of ether oxygens (including phenoxy) is 1. The highest BCUT2D eigenvalue weighted by Crippen LogP contribution is 2.32. The average molecular weight is 568 g/mol. The molecule has 2 aromatic carbocycles. The van der Waals surface area contributed by atoms with E-state index >= 15 is 0 Å². The summed E-state index contributed by atoms with van der Waals surface area (Å²) < 4.78 is 6.16. The van der Waals surface area contributed by atoms with Crippen molar-refractivity contribution in [2.24, 2.45) is 0 Å². The number of amides is 2. The van der Waals surface area contributed by atoms with Crippen molar-refractivity contribution >= 4 is 28.7 Å². The summed E-state index contributed by atoms with van der Waals surface area (Å²) in [5, 5.41) is 6.45. The van der Waals surface area contributed by atoms with Crippen molar-refractivity contribution in [2.45, 2.75) is 78.6 Å². The van der Waals surface area contributed by atoms with Crippen LogP contribution in [0.5, 0.6) is 5.75 Å². The Bertz CT molecular complexity index is 1500. The molecule has 222 valence electrons. The molecule has 0 aliphatic heterocycles. The summed E-state index contributed by atoms with van der Waals surface area (Å²) in [6, 6.07) is 20.2. The number of hydrogen-bond donors (Lipinski definition) is 3. The monoisotopic (exact) mass is 567 g/mol. The first-order chi connectivity index (χ1) is 19.8. The van der Waals surface area contributed by atoms with E-state index in [-0.39, 0.29) is 16.9 Å². The lowest BCUT2D eigenvalue weighted by Gasteiger charge is -2.26. The van der Waals surface area contributed by atoms with E-state index in [9.17, 15) is 4.79 Å². The largest absolute Gasteiger partial charge is 0.493 e. The molecule has 0 bridgehead atoms. The van der Waals surface area contributed by atoms with Gasteiger partial charge in [0.1, 0.15) is 17.4 Å². The molecule has 42 heavy (non-hydrogen) atoms. The van der Waals surface area contributed by atoms with Crippen LogP contribution < -0.4 is 21.1 Å². The summed E-state index contributed by atoms with van der Waals surface area (Å²) in [5.74, 6) is 1.60. The fourth-order valence-corrected chi connectivity index (χ4v) is 4.69. The predicted octanol–water partition coefficient (Wildman–Crippen LogP) is 8.02. The van der Waals surface area contributed by atoms with Gasteiger partial charge in [-0.05, 0) is 75.4 Å². The van der Waals surface area contributed by atoms with Crippen LogP contribution in [0.3, 0.4) is 0 Å². The van der Waals surface area contributed by atoms with Gasteiger partial charge in [-0.15, -0.1) is 0 Å². The number of carbonyl (C=O) groups excluding carboxylic acids is 1. The zero-order chi connectivity index (χ0) is 30.5. The van der Waals surface area contributed by atoms with Gasteiger partial charge < -0.3 is 15.8 Å². The third-order valence-electron chi connectivity index (χ3n) is 7.30. The van der Waals surface area contributed by atoms with Crippen LogP contribution in [-0.4, -0.2) is 29.2 Å². The van der Waals surface area contributed by atoms with E-state index in [0.29, 0.717) is 30.4 Å². The molecule has 0 aliphatic carbocycles. The van der Waals surface area contributed by atoms with Gasteiger partial charge in [-0.1, -0.05) is 85.2 Å². The fourth-order valence-electron chi connectivity index (χ4n) is 4.69. The average Bonchev–Trinajstić information content (AvgIpc) is 2.92. The number of hydrogen-bond acceptors (Lipinski definition) is 5. The maximum atomic E-state index is 12.2. The Morgan fingerprint density at radius 1 is 0.881 bits per heavy atom. The third-order valence-corrected chi connectivity index (χ3v) is 7.30. The van der Waals surface area contributed by atoms with Crippen LogP contribution in [-0.2, 0) is 17.3 Å². The van der Waals surface area contributed by atoms with E-state index in [0.717, 1.165) is 41.5 Å². The Labute approximate surface area is 250 Å². The van der Waals surface area contributed by atoms with E-state index in [1.165, 1.54) is 16.7 Å². The number of urea groups is 1. The van der Waals surface area contributed by atoms with Crippen molar-refractivity contribution in [3.8, 4) is 16.9 Å². The molecule has 0 saturated carbocycles. The molecule has 2 heterocycles. The quantitative estimate of drug-likeness (QED) is 0.178. The Kier molecular flexibility index (Phi) is 9.40. The van der Waals surface area contributed by atoms with E-state index < -0.39 is 0 Å². The van der Waals surface area contributed by atoms with Gasteiger partial charge in [0.25, 0.3) is 0 Å². The van der Waals surface area contributed by atoms with Gasteiger partial charge in [-0.2, -0.15) is 0 Å². The summed E-state index contributed by atoms with van der Waals surface area (Å²) in [6.07, 6.45) is 2.77. The Balaban J connectivity index is 1.46. The first-order valence-corrected chi connectivity index (χ1v) is 14.8. The molecule has 2 aromatic heterocycles. The number of aromatic nitrogens is 2. The van der Waals surface area contributed by atoms with E-state index in [1.807, 2.05) is 36.4 Å². The maximum absolute atomic E-state index is 12.2. The summed E-state index contributed by atoms with van der Waals surface area (Å²) >= 11 is 0. The first kappa shape index (κ1) is 30.8. The van der Waals surface area contributed by atoms with Crippen molar-refractivity contribution in [3.05, 3.63) is 77.4 Å². The number of rotatable bonds is 9. The number of nitrogens with two attached hydrogens (primary N) is 1. The molecule has 7 nitrogen and oxygen atoms in total. The van der Waals surface area contributed by atoms with Crippen molar-refractivity contribution in [1.82, 2.24) is 15.3 Å². The molecule has 0 atom stereocenters. The minimum atomic E-state index is -0.286. The molecule has 0 saturated heterocycles. The zero-order valence-corrected chi connectivity index (χ0v) is 26.1. The van der Waals surface area contributed by atoms with Gasteiger partial charge in [0, 0.05) is 18.4 Å². The van der Waals surface area contributed by atoms with Crippen LogP contribution in [0.1, 0.15) is 78.0 Å². The molecule has 0 unspecified atom stereocenters. The fraction of sp³-hybridized carbons (Fsp3) is 0.400. The van der Waals surface area contributed by atoms with Gasteiger partial charge in [-0.25, -0.2) is 14.8 Å². The molecule has 0 spiro atoms. The molecule has 7 heteroatoms. The van der Waals surface area contributed by atoms with Crippen LogP contribution in [0.15, 0.2) is 60.7 Å². The van der Waals surface area contributed by atoms with Gasteiger partial charge in [0.05, 0.1) is 6.61 Å². The lowest BCUT2D eigenvalue weighted by Crippen LogP contribution is -2.29. The van der Waals surface area contributed by atoms with E-state index in [1.54, 1.807) is 6.07 Å². The van der Waals surface area contributed by atoms with E-state index in [4.69, 9.17) is 10.5 Å². The van der Waals surface area contributed by atoms with Crippen molar-refractivity contribution < 1.29 is 9.53 Å². The van der Waals surface area contributed by atoms with Gasteiger partial charge in [0.2, 0.25) is 0 Å². The molecule has 4 aromatic rings. The highest BCUT2D eigenvalue weighted by molar-refractivity contribution is 5.96. The topological polar surface area (TPSA) is 102 Å². The predicted molar refractivity (Wildman–Crippen MR) is 174 cm³/mol. The van der Waals surface area contributed by atoms with Crippen molar-refractivity contribution in [3.63, 3.8) is 0 Å². The van der Waals surface area contributed by atoms with Crippen LogP contribution in [0.25, 0.3) is 22.2 Å². The molecule has 4 rings (SSSR count). The second-order valence-corrected chi connectivity index (χ2v) is 12.9. The number of pyridine rings is 2. The third kappa shape index (κ3) is 7.99. The van der Waals surface area contributed by atoms with Crippen LogP contribution in [0.2, 0.25) is 0 Å². The Morgan fingerprint density at radius 3 is 2.17 bits per heavy atom. The first-order valence-electron chi connectivity index (χ1n) is 14.8. The normalized spacial score (nSPS) is 11.9. The molecule has 0 radical (unpaired) electrons. The van der Waals surface area contributed by atoms with Gasteiger partial charge >= 0.3 is 6.03 Å². The van der Waals surface area contributed by atoms with Crippen molar-refractivity contribution in [2.75, 3.05) is 24.2 Å². The number of unbranched alkanes of at least 4 members (excludes halogenated alkanes) is 1. The summed E-state index contributed by atoms with van der Waals surface area (Å²) in [6.45, 7) is 16.8. The van der Waals surface area contributed by atoms with Crippen LogP contribution in [0.4, 0.5) is 16.4 Å². The number of nitrogen functional groups attached to an aromatic ring is 1. The van der Waals surface area contributed by atoms with E-state index in [2.05, 4.69) is 87.3 Å². The molecule has 0 aliphatic rings. The second-order valence-electron chi connectivity index (χ2n) is 12.9. The van der Waals surface area contributed by atoms with Crippen molar-refractivity contribution in [1.29, 1.82) is 0 Å². The maximum Gasteiger partial charge on any atom is 0.320 e. The lowest BCUT2D eigenvalue weighted by molar-refractivity contribution is 0.252. The zero-order valence-electron chi connectivity index (χ0n) is 26.1. The minimum Gasteiger partial charge on any atom is -0.493 e. The summed E-state index contributed by atoms with van der Waals surface area (Å²) in [5.41, 5.74) is 12.7. The van der Waals surface area contributed by atoms with Crippen LogP contribution >= 0.6 is 0 Å². The highest BCUT2D eigenvalue weighted by Gasteiger charge is 2.20. The van der Waals surface area contributed by atoms with Crippen LogP contribution in [0, 0.1) is 0 Å². The Morgan fingerprint density at radius 2 is 1.55 bits per heavy atom. The number of fused-ring (bicyclic) bond motifs is 1. The lowest BCUT2D eigenvalue weighted by atomic mass is 9.79. The standard InChI is InChI=1S/C35H45N5O2/c1-8-9-17-37-33(41)40-31-15-14-28-29(22-30(36)38-32(28)39-31)24-10-12-27(13-11-24)42-18-16-23-19-25(34(2,3)4)21-26(20-23)35(5,6)7/h10-15,19-22H,8-9,16-18H2,1-7H3,(H4,36,37,38,39,40,41). The molecule has 0 fully saturated rings. The number of nitrogens with one attached hydrogen (secondary N) is 2. The minimum absolute atomic E-state index is 0.0870. The summed E-state index contributed by atoms with van der Waals surface area (Å²) in [7, 11) is 0. The smallest absolute Gasteiger partial charge is 0.320 e. The number of anilines is 2. The summed E-state index contributed by atoms with van der Waals surface area (Å²) in [4.78, 5) is 21.1. The molecular weight excluding hydrogens is 522 g/mol. The molecular formula is C35H45N5O2. The highest BCUT2D eigenvalue weighted by atomic mass is 16.5. The number of benzene rings is 2. The van der Waals surface area contributed by atoms with Gasteiger partial charge in [0.15, 0.2) is 5.65 Å². The Hall–Kier alpha value is -4.13. The SMILES string of the molecule is CCCCNC(=O)Nc1ccc2c(-c3ccc(OCCc4cc(C(C)(C)C)cc(C(C)(C)C)c4)cc3)cc(N)nc2n1.